The van der Waals surface area contributed by atoms with Crippen molar-refractivity contribution in [1.29, 1.82) is 0 Å². The van der Waals surface area contributed by atoms with Crippen molar-refractivity contribution in [1.82, 2.24) is 14.7 Å². The molecule has 0 N–H and O–H groups in total. The summed E-state index contributed by atoms with van der Waals surface area (Å²) >= 11 is 0. The van der Waals surface area contributed by atoms with E-state index < -0.39 is 5.60 Å². The molecular formula is C17H25N3O3. The first-order valence-corrected chi connectivity index (χ1v) is 8.40. The van der Waals surface area contributed by atoms with Crippen molar-refractivity contribution in [3.8, 4) is 0 Å². The maximum atomic E-state index is 12.6. The van der Waals surface area contributed by atoms with Gasteiger partial charge in [-0.2, -0.15) is 5.10 Å². The Kier molecular flexibility index (Phi) is 4.17. The van der Waals surface area contributed by atoms with Crippen LogP contribution >= 0.6 is 0 Å². The number of ketones is 1. The molecule has 1 saturated carbocycles. The third kappa shape index (κ3) is 3.92. The number of ether oxygens (including phenoxy) is 1. The van der Waals surface area contributed by atoms with E-state index in [0.717, 1.165) is 12.8 Å². The van der Waals surface area contributed by atoms with E-state index in [9.17, 15) is 9.59 Å². The van der Waals surface area contributed by atoms with Crippen molar-refractivity contribution in [3.05, 3.63) is 18.0 Å². The molecule has 0 radical (unpaired) electrons. The Bertz CT molecular complexity index is 590. The summed E-state index contributed by atoms with van der Waals surface area (Å²) in [4.78, 5) is 26.3. The molecular weight excluding hydrogens is 294 g/mol. The highest BCUT2D eigenvalue weighted by Crippen LogP contribution is 2.34. The molecule has 1 aliphatic heterocycles. The molecule has 6 heteroatoms. The van der Waals surface area contributed by atoms with E-state index in [-0.39, 0.29) is 17.8 Å². The Labute approximate surface area is 136 Å². The molecule has 23 heavy (non-hydrogen) atoms. The molecule has 1 saturated heterocycles. The second-order valence-corrected chi connectivity index (χ2v) is 7.55. The maximum absolute atomic E-state index is 12.6. The summed E-state index contributed by atoms with van der Waals surface area (Å²) in [5.41, 5.74) is 0.217. The van der Waals surface area contributed by atoms with Crippen molar-refractivity contribution < 1.29 is 14.3 Å². The number of aromatic nitrogens is 2. The predicted molar refractivity (Wildman–Crippen MR) is 85.4 cm³/mol. The predicted octanol–water partition coefficient (Wildman–Crippen LogP) is 3.05. The number of amides is 1. The molecule has 3 rings (SSSR count). The molecule has 1 aliphatic carbocycles. The van der Waals surface area contributed by atoms with E-state index in [1.165, 1.54) is 0 Å². The zero-order valence-electron chi connectivity index (χ0n) is 14.1. The van der Waals surface area contributed by atoms with Crippen molar-refractivity contribution in [2.75, 3.05) is 13.1 Å². The maximum Gasteiger partial charge on any atom is 0.410 e. The number of carbonyl (C=O) groups is 2. The Morgan fingerprint density at radius 3 is 2.39 bits per heavy atom. The standard InChI is InChI=1S/C17H25N3O3/c1-17(2,3)23-16(22)19-8-6-12(7-9-19)15(21)13-10-18-20(11-13)14-4-5-14/h10-12,14H,4-9H2,1-3H3. The first kappa shape index (κ1) is 16.0. The van der Waals surface area contributed by atoms with Gasteiger partial charge in [0.15, 0.2) is 5.78 Å². The zero-order chi connectivity index (χ0) is 16.6. The summed E-state index contributed by atoms with van der Waals surface area (Å²) in [5, 5.41) is 4.29. The second kappa shape index (κ2) is 5.98. The van der Waals surface area contributed by atoms with Crippen molar-refractivity contribution in [2.45, 2.75) is 58.1 Å². The Balaban J connectivity index is 1.53. The second-order valence-electron chi connectivity index (χ2n) is 7.55. The molecule has 1 aromatic heterocycles. The molecule has 2 heterocycles. The van der Waals surface area contributed by atoms with E-state index in [2.05, 4.69) is 5.10 Å². The van der Waals surface area contributed by atoms with Gasteiger partial charge in [-0.1, -0.05) is 0 Å². The molecule has 2 fully saturated rings. The molecule has 0 unspecified atom stereocenters. The number of likely N-dealkylation sites (tertiary alicyclic amines) is 1. The van der Waals surface area contributed by atoms with Crippen molar-refractivity contribution in [3.63, 3.8) is 0 Å². The number of piperidine rings is 1. The highest BCUT2D eigenvalue weighted by Gasteiger charge is 2.31. The van der Waals surface area contributed by atoms with Crippen LogP contribution in [0.15, 0.2) is 12.4 Å². The molecule has 0 spiro atoms. The van der Waals surface area contributed by atoms with Gasteiger partial charge in [0.05, 0.1) is 17.8 Å². The van der Waals surface area contributed by atoms with Crippen LogP contribution in [0.4, 0.5) is 4.79 Å². The number of Topliss-reactive ketones (excluding diaryl/α,β-unsaturated/α-hetero) is 1. The number of hydrogen-bond donors (Lipinski definition) is 0. The van der Waals surface area contributed by atoms with E-state index >= 15 is 0 Å². The van der Waals surface area contributed by atoms with E-state index in [0.29, 0.717) is 37.5 Å². The molecule has 2 aliphatic rings. The van der Waals surface area contributed by atoms with E-state index in [4.69, 9.17) is 4.74 Å². The molecule has 0 aromatic carbocycles. The average molecular weight is 319 g/mol. The van der Waals surface area contributed by atoms with Crippen LogP contribution in [0.3, 0.4) is 0 Å². The normalized spacial score (nSPS) is 19.7. The van der Waals surface area contributed by atoms with E-state index in [1.807, 2.05) is 31.6 Å². The van der Waals surface area contributed by atoms with Gasteiger partial charge in [-0.05, 0) is 46.5 Å². The lowest BCUT2D eigenvalue weighted by Gasteiger charge is -2.32. The van der Waals surface area contributed by atoms with Gasteiger partial charge in [0.2, 0.25) is 0 Å². The number of rotatable bonds is 3. The number of carbonyl (C=O) groups excluding carboxylic acids is 2. The minimum atomic E-state index is -0.485. The monoisotopic (exact) mass is 319 g/mol. The fraction of sp³-hybridized carbons (Fsp3) is 0.706. The van der Waals surface area contributed by atoms with Gasteiger partial charge in [0.25, 0.3) is 0 Å². The van der Waals surface area contributed by atoms with Crippen LogP contribution in [-0.2, 0) is 4.74 Å². The van der Waals surface area contributed by atoms with Crippen LogP contribution in [0.5, 0.6) is 0 Å². The first-order chi connectivity index (χ1) is 10.8. The summed E-state index contributed by atoms with van der Waals surface area (Å²) in [5.74, 6) is 0.131. The molecule has 126 valence electrons. The minimum Gasteiger partial charge on any atom is -0.444 e. The summed E-state index contributed by atoms with van der Waals surface area (Å²) in [7, 11) is 0. The lowest BCUT2D eigenvalue weighted by atomic mass is 9.90. The van der Waals surface area contributed by atoms with Gasteiger partial charge < -0.3 is 9.64 Å². The lowest BCUT2D eigenvalue weighted by Crippen LogP contribution is -2.42. The van der Waals surface area contributed by atoms with Crippen molar-refractivity contribution in [2.24, 2.45) is 5.92 Å². The van der Waals surface area contributed by atoms with Gasteiger partial charge in [-0.3, -0.25) is 9.48 Å². The van der Waals surface area contributed by atoms with Crippen LogP contribution < -0.4 is 0 Å². The highest BCUT2D eigenvalue weighted by atomic mass is 16.6. The number of hydrogen-bond acceptors (Lipinski definition) is 4. The fourth-order valence-electron chi connectivity index (χ4n) is 2.89. The lowest BCUT2D eigenvalue weighted by molar-refractivity contribution is 0.0182. The van der Waals surface area contributed by atoms with Gasteiger partial charge in [-0.25, -0.2) is 4.79 Å². The van der Waals surface area contributed by atoms with E-state index in [1.54, 1.807) is 11.1 Å². The SMILES string of the molecule is CC(C)(C)OC(=O)N1CCC(C(=O)c2cnn(C3CC3)c2)CC1. The van der Waals surface area contributed by atoms with Crippen LogP contribution in [0.1, 0.15) is 62.9 Å². The minimum absolute atomic E-state index is 0.0226. The van der Waals surface area contributed by atoms with Gasteiger partial charge >= 0.3 is 6.09 Å². The number of nitrogens with zero attached hydrogens (tertiary/aromatic N) is 3. The molecule has 0 atom stereocenters. The van der Waals surface area contributed by atoms with Gasteiger partial charge in [0, 0.05) is 25.2 Å². The third-order valence-electron chi connectivity index (χ3n) is 4.32. The Hall–Kier alpha value is -1.85. The summed E-state index contributed by atoms with van der Waals surface area (Å²) < 4.78 is 7.29. The summed E-state index contributed by atoms with van der Waals surface area (Å²) in [6.07, 6.45) is 6.96. The van der Waals surface area contributed by atoms with Gasteiger partial charge in [0.1, 0.15) is 5.60 Å². The fourth-order valence-corrected chi connectivity index (χ4v) is 2.89. The zero-order valence-corrected chi connectivity index (χ0v) is 14.1. The highest BCUT2D eigenvalue weighted by molar-refractivity contribution is 5.97. The van der Waals surface area contributed by atoms with Crippen LogP contribution in [0.2, 0.25) is 0 Å². The van der Waals surface area contributed by atoms with Crippen molar-refractivity contribution >= 4 is 11.9 Å². The molecule has 1 aromatic rings. The summed E-state index contributed by atoms with van der Waals surface area (Å²) in [6.45, 7) is 6.72. The van der Waals surface area contributed by atoms with Crippen LogP contribution in [0, 0.1) is 5.92 Å². The van der Waals surface area contributed by atoms with Crippen LogP contribution in [-0.4, -0.2) is 45.2 Å². The molecule has 6 nitrogen and oxygen atoms in total. The largest absolute Gasteiger partial charge is 0.444 e. The first-order valence-electron chi connectivity index (χ1n) is 8.40. The van der Waals surface area contributed by atoms with Crippen LogP contribution in [0.25, 0.3) is 0 Å². The topological polar surface area (TPSA) is 64.4 Å². The van der Waals surface area contributed by atoms with Gasteiger partial charge in [-0.15, -0.1) is 0 Å². The third-order valence-corrected chi connectivity index (χ3v) is 4.32. The average Bonchev–Trinajstić information content (AvgIpc) is 3.22. The molecule has 1 amide bonds. The Morgan fingerprint density at radius 2 is 1.83 bits per heavy atom. The summed E-state index contributed by atoms with van der Waals surface area (Å²) in [6, 6.07) is 0.491. The Morgan fingerprint density at radius 1 is 1.17 bits per heavy atom. The molecule has 0 bridgehead atoms. The smallest absolute Gasteiger partial charge is 0.410 e. The quantitative estimate of drug-likeness (QED) is 0.803.